The Morgan fingerprint density at radius 3 is 2.38 bits per heavy atom. The fraction of sp³-hybridized carbons (Fsp3) is 0.344. The zero-order valence-corrected chi connectivity index (χ0v) is 24.1. The number of piperidine rings is 1. The third-order valence-corrected chi connectivity index (χ3v) is 8.30. The molecule has 0 saturated carbocycles. The zero-order valence-electron chi connectivity index (χ0n) is 24.1. The van der Waals surface area contributed by atoms with Crippen LogP contribution in [0, 0.1) is 0 Å². The summed E-state index contributed by atoms with van der Waals surface area (Å²) in [4.78, 5) is 26.9. The topological polar surface area (TPSA) is 112 Å². The number of hydrogen-bond donors (Lipinski definition) is 1. The molecule has 0 bridgehead atoms. The number of carbonyl (C=O) groups excluding carboxylic acids is 1. The highest BCUT2D eigenvalue weighted by Gasteiger charge is 2.41. The first kappa shape index (κ1) is 27.4. The summed E-state index contributed by atoms with van der Waals surface area (Å²) in [6, 6.07) is 21.5. The average Bonchev–Trinajstić information content (AvgIpc) is 3.04. The van der Waals surface area contributed by atoms with Crippen LogP contribution in [0.5, 0.6) is 23.0 Å². The van der Waals surface area contributed by atoms with Crippen LogP contribution in [0.3, 0.4) is 0 Å². The van der Waals surface area contributed by atoms with Gasteiger partial charge in [-0.1, -0.05) is 42.5 Å². The summed E-state index contributed by atoms with van der Waals surface area (Å²) in [6.07, 6.45) is 0.882. The van der Waals surface area contributed by atoms with Crippen LogP contribution < -0.4 is 29.6 Å². The van der Waals surface area contributed by atoms with Crippen molar-refractivity contribution >= 4 is 28.6 Å². The van der Waals surface area contributed by atoms with Gasteiger partial charge in [0.2, 0.25) is 12.1 Å². The number of benzene rings is 3. The van der Waals surface area contributed by atoms with E-state index in [1.165, 1.54) is 5.56 Å². The van der Waals surface area contributed by atoms with E-state index < -0.39 is 6.10 Å². The molecule has 10 heteroatoms. The molecule has 1 saturated heterocycles. The lowest BCUT2D eigenvalue weighted by Crippen LogP contribution is -2.54. The molecule has 218 valence electrons. The Hall–Kier alpha value is -4.73. The van der Waals surface area contributed by atoms with E-state index in [9.17, 15) is 4.79 Å². The summed E-state index contributed by atoms with van der Waals surface area (Å²) in [6.45, 7) is 2.05. The summed E-state index contributed by atoms with van der Waals surface area (Å²) in [5.41, 5.74) is 8.06. The summed E-state index contributed by atoms with van der Waals surface area (Å²) >= 11 is 0. The number of carbonyl (C=O) groups is 1. The maximum Gasteiger partial charge on any atom is 0.267 e. The Labute approximate surface area is 245 Å². The molecule has 3 heterocycles. The monoisotopic (exact) mass is 569 g/mol. The van der Waals surface area contributed by atoms with Crippen molar-refractivity contribution in [3.05, 3.63) is 72.3 Å². The van der Waals surface area contributed by atoms with Gasteiger partial charge in [-0.05, 0) is 36.6 Å². The molecule has 3 aromatic carbocycles. The molecular formula is C32H35N5O5. The molecule has 0 spiro atoms. The number of likely N-dealkylation sites (N-methyl/N-ethyl adjacent to an activating group) is 1. The van der Waals surface area contributed by atoms with Gasteiger partial charge >= 0.3 is 0 Å². The molecule has 6 rings (SSSR count). The Bertz CT molecular complexity index is 1590. The van der Waals surface area contributed by atoms with Crippen LogP contribution in [0.4, 0.5) is 11.8 Å². The van der Waals surface area contributed by atoms with Crippen molar-refractivity contribution in [1.29, 1.82) is 0 Å². The number of hydrogen-bond acceptors (Lipinski definition) is 9. The number of anilines is 2. The molecule has 0 aliphatic carbocycles. The molecule has 2 aliphatic rings. The number of nitrogens with zero attached hydrogens (tertiary/aromatic N) is 4. The van der Waals surface area contributed by atoms with E-state index in [2.05, 4.69) is 29.2 Å². The van der Waals surface area contributed by atoms with Crippen molar-refractivity contribution in [1.82, 2.24) is 14.9 Å². The number of rotatable bonds is 7. The predicted molar refractivity (Wildman–Crippen MR) is 161 cm³/mol. The standard InChI is InChI=1S/C32H35N5O5/c1-36(31-34-23-18-27(40-3)26(39-2)17-22(23)29(33)35-31)20-32(21-9-5-4-6-10-21)13-15-37(16-14-32)30(38)28-19-41-24-11-7-8-12-25(24)42-28/h4-12,17-18,28H,13-16,19-20H2,1-3H3,(H2,33,34,35). The van der Waals surface area contributed by atoms with Gasteiger partial charge in [-0.25, -0.2) is 4.98 Å². The first-order chi connectivity index (χ1) is 20.4. The number of para-hydroxylation sites is 2. The van der Waals surface area contributed by atoms with Crippen molar-refractivity contribution in [2.75, 3.05) is 58.1 Å². The van der Waals surface area contributed by atoms with Gasteiger partial charge in [-0.3, -0.25) is 4.79 Å². The minimum absolute atomic E-state index is 0.0467. The Kier molecular flexibility index (Phi) is 7.36. The van der Waals surface area contributed by atoms with Crippen LogP contribution in [-0.4, -0.2) is 74.4 Å². The lowest BCUT2D eigenvalue weighted by molar-refractivity contribution is -0.142. The highest BCUT2D eigenvalue weighted by atomic mass is 16.6. The van der Waals surface area contributed by atoms with Gasteiger partial charge in [0, 0.05) is 43.5 Å². The van der Waals surface area contributed by atoms with Crippen LogP contribution in [-0.2, 0) is 10.2 Å². The molecule has 42 heavy (non-hydrogen) atoms. The summed E-state index contributed by atoms with van der Waals surface area (Å²) < 4.78 is 22.7. The van der Waals surface area contributed by atoms with Crippen LogP contribution in [0.1, 0.15) is 18.4 Å². The highest BCUT2D eigenvalue weighted by Crippen LogP contribution is 2.39. The maximum atomic E-state index is 13.5. The largest absolute Gasteiger partial charge is 0.493 e. The molecule has 1 fully saturated rings. The van der Waals surface area contributed by atoms with Crippen LogP contribution in [0.2, 0.25) is 0 Å². The number of amides is 1. The second-order valence-electron chi connectivity index (χ2n) is 10.8. The number of nitrogen functional groups attached to an aromatic ring is 1. The number of nitrogens with two attached hydrogens (primary N) is 1. The van der Waals surface area contributed by atoms with Gasteiger partial charge in [0.1, 0.15) is 12.4 Å². The third kappa shape index (κ3) is 5.08. The van der Waals surface area contributed by atoms with Crippen LogP contribution >= 0.6 is 0 Å². The van der Waals surface area contributed by atoms with Crippen molar-refractivity contribution in [2.24, 2.45) is 0 Å². The molecule has 1 amide bonds. The molecular weight excluding hydrogens is 534 g/mol. The minimum atomic E-state index is -0.656. The lowest BCUT2D eigenvalue weighted by Gasteiger charge is -2.45. The fourth-order valence-corrected chi connectivity index (χ4v) is 5.99. The number of likely N-dealkylation sites (tertiary alicyclic amines) is 1. The Balaban J connectivity index is 1.23. The average molecular weight is 570 g/mol. The molecule has 0 radical (unpaired) electrons. The van der Waals surface area contributed by atoms with Crippen molar-refractivity contribution in [3.63, 3.8) is 0 Å². The van der Waals surface area contributed by atoms with E-state index in [0.717, 1.165) is 12.8 Å². The summed E-state index contributed by atoms with van der Waals surface area (Å²) in [5.74, 6) is 3.26. The van der Waals surface area contributed by atoms with Crippen LogP contribution in [0.15, 0.2) is 66.7 Å². The normalized spacial score (nSPS) is 17.5. The number of ether oxygens (including phenoxy) is 4. The van der Waals surface area contributed by atoms with Crippen LogP contribution in [0.25, 0.3) is 10.9 Å². The SMILES string of the molecule is COc1cc2nc(N(C)CC3(c4ccccc4)CCN(C(=O)C4COc5ccccc5O4)CC3)nc(N)c2cc1OC. The third-order valence-electron chi connectivity index (χ3n) is 8.30. The molecule has 10 nitrogen and oxygen atoms in total. The van der Waals surface area contributed by atoms with E-state index in [1.807, 2.05) is 53.2 Å². The van der Waals surface area contributed by atoms with E-state index in [0.29, 0.717) is 65.3 Å². The smallest absolute Gasteiger partial charge is 0.267 e. The van der Waals surface area contributed by atoms with Gasteiger partial charge in [0.25, 0.3) is 5.91 Å². The number of aromatic nitrogens is 2. The van der Waals surface area contributed by atoms with E-state index >= 15 is 0 Å². The summed E-state index contributed by atoms with van der Waals surface area (Å²) in [7, 11) is 5.16. The Morgan fingerprint density at radius 1 is 1.00 bits per heavy atom. The highest BCUT2D eigenvalue weighted by molar-refractivity contribution is 5.91. The fourth-order valence-electron chi connectivity index (χ4n) is 5.99. The van der Waals surface area contributed by atoms with E-state index in [4.69, 9.17) is 29.7 Å². The van der Waals surface area contributed by atoms with Gasteiger partial charge in [-0.15, -0.1) is 0 Å². The van der Waals surface area contributed by atoms with E-state index in [-0.39, 0.29) is 17.9 Å². The second-order valence-corrected chi connectivity index (χ2v) is 10.8. The first-order valence-electron chi connectivity index (χ1n) is 14.0. The molecule has 1 aromatic heterocycles. The van der Waals surface area contributed by atoms with Crippen molar-refractivity contribution in [3.8, 4) is 23.0 Å². The van der Waals surface area contributed by atoms with Gasteiger partial charge in [0.15, 0.2) is 23.0 Å². The van der Waals surface area contributed by atoms with E-state index in [1.54, 1.807) is 20.3 Å². The number of fused-ring (bicyclic) bond motifs is 2. The zero-order chi connectivity index (χ0) is 29.3. The van der Waals surface area contributed by atoms with Crippen molar-refractivity contribution in [2.45, 2.75) is 24.4 Å². The first-order valence-corrected chi connectivity index (χ1v) is 14.0. The second kappa shape index (κ2) is 11.3. The lowest BCUT2D eigenvalue weighted by atomic mass is 9.72. The quantitative estimate of drug-likeness (QED) is 0.352. The minimum Gasteiger partial charge on any atom is -0.493 e. The van der Waals surface area contributed by atoms with Gasteiger partial charge < -0.3 is 34.5 Å². The Morgan fingerprint density at radius 2 is 1.67 bits per heavy atom. The molecule has 1 atom stereocenters. The molecule has 2 aliphatic heterocycles. The maximum absolute atomic E-state index is 13.5. The molecule has 2 N–H and O–H groups in total. The predicted octanol–water partition coefficient (Wildman–Crippen LogP) is 4.07. The van der Waals surface area contributed by atoms with Gasteiger partial charge in [-0.2, -0.15) is 4.98 Å². The molecule has 4 aromatic rings. The summed E-state index contributed by atoms with van der Waals surface area (Å²) in [5, 5.41) is 0.700. The molecule has 1 unspecified atom stereocenters. The number of methoxy groups -OCH3 is 2. The van der Waals surface area contributed by atoms with Gasteiger partial charge in [0.05, 0.1) is 19.7 Å². The van der Waals surface area contributed by atoms with Crippen molar-refractivity contribution < 1.29 is 23.7 Å².